The number of imidazole rings is 1. The van der Waals surface area contributed by atoms with E-state index in [4.69, 9.17) is 0 Å². The zero-order chi connectivity index (χ0) is 19.0. The molecule has 0 aliphatic carbocycles. The minimum Gasteiger partial charge on any atom is -0.339 e. The molecule has 3 aromatic rings. The molecule has 1 fully saturated rings. The van der Waals surface area contributed by atoms with Crippen LogP contribution in [0.5, 0.6) is 0 Å². The van der Waals surface area contributed by atoms with Crippen LogP contribution < -0.4 is 0 Å². The molecule has 4 rings (SSSR count). The van der Waals surface area contributed by atoms with Gasteiger partial charge >= 0.3 is 0 Å². The number of likely N-dealkylation sites (tertiary alicyclic amines) is 1. The maximum Gasteiger partial charge on any atom is 0.256 e. The summed E-state index contributed by atoms with van der Waals surface area (Å²) in [4.78, 5) is 18.9. The van der Waals surface area contributed by atoms with Crippen LogP contribution in [0.4, 0.5) is 4.39 Å². The Bertz CT molecular complexity index is 986. The van der Waals surface area contributed by atoms with Gasteiger partial charge < -0.3 is 9.47 Å². The number of hydrogen-bond donors (Lipinski definition) is 0. The summed E-state index contributed by atoms with van der Waals surface area (Å²) in [5.74, 6) is -0.153. The highest BCUT2D eigenvalue weighted by Gasteiger charge is 2.25. The highest BCUT2D eigenvalue weighted by molar-refractivity contribution is 5.94. The summed E-state index contributed by atoms with van der Waals surface area (Å²) >= 11 is 0. The van der Waals surface area contributed by atoms with Gasteiger partial charge in [0.25, 0.3) is 5.91 Å². The van der Waals surface area contributed by atoms with Crippen LogP contribution in [0.15, 0.2) is 42.7 Å². The van der Waals surface area contributed by atoms with Crippen molar-refractivity contribution in [1.82, 2.24) is 14.5 Å². The van der Waals surface area contributed by atoms with E-state index in [1.165, 1.54) is 22.7 Å². The standard InChI is InChI=1S/C22H24FN3O/c1-15-11-20-21(12-16(15)2)26(14-24-20)13-17-7-9-25(10-8-17)22(27)18-5-3-4-6-19(18)23/h3-6,11-12,14,17H,7-10,13H2,1-2H3. The number of fused-ring (bicyclic) bond motifs is 1. The van der Waals surface area contributed by atoms with Crippen molar-refractivity contribution in [2.24, 2.45) is 5.92 Å². The molecule has 27 heavy (non-hydrogen) atoms. The molecule has 0 unspecified atom stereocenters. The van der Waals surface area contributed by atoms with Crippen LogP contribution in [0.25, 0.3) is 11.0 Å². The van der Waals surface area contributed by atoms with Crippen molar-refractivity contribution < 1.29 is 9.18 Å². The maximum absolute atomic E-state index is 13.9. The second-order valence-corrected chi connectivity index (χ2v) is 7.54. The molecule has 2 heterocycles. The molecule has 0 N–H and O–H groups in total. The number of rotatable bonds is 3. The Balaban J connectivity index is 1.42. The third kappa shape index (κ3) is 3.46. The number of halogens is 1. The second-order valence-electron chi connectivity index (χ2n) is 7.54. The van der Waals surface area contributed by atoms with Crippen LogP contribution in [0.3, 0.4) is 0 Å². The van der Waals surface area contributed by atoms with E-state index >= 15 is 0 Å². The minimum absolute atomic E-state index is 0.169. The quantitative estimate of drug-likeness (QED) is 0.692. The first kappa shape index (κ1) is 17.7. The number of piperidine rings is 1. The Morgan fingerprint density at radius 2 is 1.85 bits per heavy atom. The van der Waals surface area contributed by atoms with Crippen molar-refractivity contribution in [2.45, 2.75) is 33.2 Å². The zero-order valence-corrected chi connectivity index (χ0v) is 15.8. The normalized spacial score (nSPS) is 15.4. The van der Waals surface area contributed by atoms with Crippen LogP contribution in [0.1, 0.15) is 34.3 Å². The van der Waals surface area contributed by atoms with E-state index in [0.717, 1.165) is 24.9 Å². The summed E-state index contributed by atoms with van der Waals surface area (Å²) in [5.41, 5.74) is 4.90. The number of carbonyl (C=O) groups is 1. The summed E-state index contributed by atoms with van der Waals surface area (Å²) < 4.78 is 16.1. The molecule has 1 aliphatic rings. The van der Waals surface area contributed by atoms with Crippen LogP contribution in [-0.4, -0.2) is 33.4 Å². The Morgan fingerprint density at radius 1 is 1.15 bits per heavy atom. The van der Waals surface area contributed by atoms with Gasteiger partial charge in [-0.1, -0.05) is 12.1 Å². The lowest BCUT2D eigenvalue weighted by atomic mass is 9.96. The molecule has 0 bridgehead atoms. The summed E-state index contributed by atoms with van der Waals surface area (Å²) in [5, 5.41) is 0. The van der Waals surface area contributed by atoms with E-state index in [0.29, 0.717) is 19.0 Å². The average Bonchev–Trinajstić information content (AvgIpc) is 3.04. The Morgan fingerprint density at radius 3 is 2.59 bits per heavy atom. The summed E-state index contributed by atoms with van der Waals surface area (Å²) in [7, 11) is 0. The van der Waals surface area contributed by atoms with E-state index in [9.17, 15) is 9.18 Å². The largest absolute Gasteiger partial charge is 0.339 e. The van der Waals surface area contributed by atoms with Crippen molar-refractivity contribution in [3.8, 4) is 0 Å². The van der Waals surface area contributed by atoms with Crippen molar-refractivity contribution in [3.05, 3.63) is 65.2 Å². The van der Waals surface area contributed by atoms with Gasteiger partial charge in [-0.3, -0.25) is 4.79 Å². The van der Waals surface area contributed by atoms with E-state index in [1.54, 1.807) is 23.1 Å². The molecule has 1 amide bonds. The number of amides is 1. The molecule has 1 aliphatic heterocycles. The lowest BCUT2D eigenvalue weighted by Gasteiger charge is -2.32. The first-order valence-electron chi connectivity index (χ1n) is 9.49. The third-order valence-electron chi connectivity index (χ3n) is 5.70. The fraction of sp³-hybridized carbons (Fsp3) is 0.364. The molecule has 140 valence electrons. The molecule has 4 nitrogen and oxygen atoms in total. The lowest BCUT2D eigenvalue weighted by Crippen LogP contribution is -2.39. The van der Waals surface area contributed by atoms with E-state index in [2.05, 4.69) is 35.5 Å². The van der Waals surface area contributed by atoms with Gasteiger partial charge in [-0.05, 0) is 68.0 Å². The smallest absolute Gasteiger partial charge is 0.256 e. The minimum atomic E-state index is -0.444. The van der Waals surface area contributed by atoms with Gasteiger partial charge in [0, 0.05) is 19.6 Å². The SMILES string of the molecule is Cc1cc2ncn(CC3CCN(C(=O)c4ccccc4F)CC3)c2cc1C. The van der Waals surface area contributed by atoms with Crippen molar-refractivity contribution >= 4 is 16.9 Å². The van der Waals surface area contributed by atoms with Crippen molar-refractivity contribution in [3.63, 3.8) is 0 Å². The molecule has 0 saturated carbocycles. The van der Waals surface area contributed by atoms with E-state index < -0.39 is 5.82 Å². The molecule has 0 spiro atoms. The van der Waals surface area contributed by atoms with Gasteiger partial charge in [-0.15, -0.1) is 0 Å². The number of aryl methyl sites for hydroxylation is 2. The average molecular weight is 365 g/mol. The van der Waals surface area contributed by atoms with Crippen LogP contribution in [0, 0.1) is 25.6 Å². The van der Waals surface area contributed by atoms with Crippen LogP contribution >= 0.6 is 0 Å². The third-order valence-corrected chi connectivity index (χ3v) is 5.70. The fourth-order valence-corrected chi connectivity index (χ4v) is 3.86. The monoisotopic (exact) mass is 365 g/mol. The number of hydrogen-bond acceptors (Lipinski definition) is 2. The summed E-state index contributed by atoms with van der Waals surface area (Å²) in [6.45, 7) is 6.47. The lowest BCUT2D eigenvalue weighted by molar-refractivity contribution is 0.0678. The van der Waals surface area contributed by atoms with E-state index in [1.807, 2.05) is 6.33 Å². The Hall–Kier alpha value is -2.69. The molecule has 2 aromatic carbocycles. The fourth-order valence-electron chi connectivity index (χ4n) is 3.86. The molecule has 0 radical (unpaired) electrons. The summed E-state index contributed by atoms with van der Waals surface area (Å²) in [6, 6.07) is 10.6. The predicted octanol–water partition coefficient (Wildman–Crippen LogP) is 4.34. The molecule has 0 atom stereocenters. The number of nitrogens with zero attached hydrogens (tertiary/aromatic N) is 3. The van der Waals surface area contributed by atoms with Crippen molar-refractivity contribution in [1.29, 1.82) is 0 Å². The molecular weight excluding hydrogens is 341 g/mol. The number of carbonyl (C=O) groups excluding carboxylic acids is 1. The van der Waals surface area contributed by atoms with Crippen molar-refractivity contribution in [2.75, 3.05) is 13.1 Å². The van der Waals surface area contributed by atoms with Gasteiger partial charge in [0.2, 0.25) is 0 Å². The van der Waals surface area contributed by atoms with E-state index in [-0.39, 0.29) is 11.5 Å². The molecule has 1 aromatic heterocycles. The highest BCUT2D eigenvalue weighted by Crippen LogP contribution is 2.24. The Kier molecular flexibility index (Phi) is 4.68. The second kappa shape index (κ2) is 7.14. The number of benzene rings is 2. The molecular formula is C22H24FN3O. The molecule has 1 saturated heterocycles. The first-order valence-corrected chi connectivity index (χ1v) is 9.49. The number of aromatic nitrogens is 2. The van der Waals surface area contributed by atoms with Crippen LogP contribution in [-0.2, 0) is 6.54 Å². The highest BCUT2D eigenvalue weighted by atomic mass is 19.1. The molecule has 5 heteroatoms. The zero-order valence-electron chi connectivity index (χ0n) is 15.8. The summed E-state index contributed by atoms with van der Waals surface area (Å²) in [6.07, 6.45) is 3.76. The van der Waals surface area contributed by atoms with Crippen LogP contribution in [0.2, 0.25) is 0 Å². The van der Waals surface area contributed by atoms with Gasteiger partial charge in [0.05, 0.1) is 22.9 Å². The van der Waals surface area contributed by atoms with Gasteiger partial charge in [-0.2, -0.15) is 0 Å². The maximum atomic E-state index is 13.9. The Labute approximate surface area is 158 Å². The first-order chi connectivity index (χ1) is 13.0. The topological polar surface area (TPSA) is 38.1 Å². The van der Waals surface area contributed by atoms with Gasteiger partial charge in [-0.25, -0.2) is 9.37 Å². The predicted molar refractivity (Wildman–Crippen MR) is 104 cm³/mol. The van der Waals surface area contributed by atoms with Gasteiger partial charge in [0.1, 0.15) is 5.82 Å². The van der Waals surface area contributed by atoms with Gasteiger partial charge in [0.15, 0.2) is 0 Å².